The van der Waals surface area contributed by atoms with Crippen LogP contribution in [-0.2, 0) is 0 Å². The molecule has 2 unspecified atom stereocenters. The molecule has 1 fully saturated rings. The number of rotatable bonds is 3. The lowest BCUT2D eigenvalue weighted by Crippen LogP contribution is -2.47. The van der Waals surface area contributed by atoms with Crippen LogP contribution in [0.4, 0.5) is 11.4 Å². The molecule has 1 aromatic rings. The first-order valence-electron chi connectivity index (χ1n) is 8.25. The Morgan fingerprint density at radius 2 is 1.90 bits per heavy atom. The Hall–Kier alpha value is -1.22. The van der Waals surface area contributed by atoms with Crippen LogP contribution in [0.2, 0.25) is 0 Å². The van der Waals surface area contributed by atoms with Crippen molar-refractivity contribution in [1.29, 1.82) is 0 Å². The SMILES string of the molecule is CNC1C(CN2CCN(C)c3ccccc32)CCC1(C)C. The number of anilines is 2. The monoisotopic (exact) mass is 287 g/mol. The van der Waals surface area contributed by atoms with Crippen LogP contribution in [0.5, 0.6) is 0 Å². The van der Waals surface area contributed by atoms with Gasteiger partial charge in [-0.15, -0.1) is 0 Å². The van der Waals surface area contributed by atoms with Gasteiger partial charge in [0.15, 0.2) is 0 Å². The van der Waals surface area contributed by atoms with Crippen molar-refractivity contribution >= 4 is 11.4 Å². The summed E-state index contributed by atoms with van der Waals surface area (Å²) >= 11 is 0. The van der Waals surface area contributed by atoms with E-state index < -0.39 is 0 Å². The molecule has 0 bridgehead atoms. The van der Waals surface area contributed by atoms with Crippen LogP contribution in [-0.4, -0.2) is 39.8 Å². The molecule has 1 aliphatic heterocycles. The predicted molar refractivity (Wildman–Crippen MR) is 91.3 cm³/mol. The Balaban J connectivity index is 1.79. The van der Waals surface area contributed by atoms with Crippen LogP contribution in [0.15, 0.2) is 24.3 Å². The average Bonchev–Trinajstić information content (AvgIpc) is 2.76. The number of fused-ring (bicyclic) bond motifs is 1. The Bertz CT molecular complexity index is 497. The van der Waals surface area contributed by atoms with Gasteiger partial charge in [-0.05, 0) is 43.4 Å². The number of nitrogens with zero attached hydrogens (tertiary/aromatic N) is 2. The number of hydrogen-bond donors (Lipinski definition) is 1. The molecule has 1 aromatic carbocycles. The summed E-state index contributed by atoms with van der Waals surface area (Å²) in [5.74, 6) is 0.751. The third-order valence-corrected chi connectivity index (χ3v) is 5.58. The quantitative estimate of drug-likeness (QED) is 0.922. The summed E-state index contributed by atoms with van der Waals surface area (Å²) in [5, 5.41) is 3.59. The molecule has 21 heavy (non-hydrogen) atoms. The van der Waals surface area contributed by atoms with Gasteiger partial charge in [-0.2, -0.15) is 0 Å². The predicted octanol–water partition coefficient (Wildman–Crippen LogP) is 2.97. The molecule has 0 radical (unpaired) electrons. The molecule has 1 aliphatic carbocycles. The Labute approximate surface area is 129 Å². The first kappa shape index (κ1) is 14.7. The van der Waals surface area contributed by atoms with Crippen molar-refractivity contribution < 1.29 is 0 Å². The summed E-state index contributed by atoms with van der Waals surface area (Å²) in [4.78, 5) is 4.98. The highest BCUT2D eigenvalue weighted by Crippen LogP contribution is 2.42. The van der Waals surface area contributed by atoms with Crippen LogP contribution in [0.1, 0.15) is 26.7 Å². The van der Waals surface area contributed by atoms with E-state index in [1.54, 1.807) is 0 Å². The number of para-hydroxylation sites is 2. The fourth-order valence-corrected chi connectivity index (χ4v) is 4.38. The van der Waals surface area contributed by atoms with Gasteiger partial charge in [0, 0.05) is 32.7 Å². The third-order valence-electron chi connectivity index (χ3n) is 5.58. The van der Waals surface area contributed by atoms with E-state index in [-0.39, 0.29) is 0 Å². The lowest BCUT2D eigenvalue weighted by Gasteiger charge is -2.40. The van der Waals surface area contributed by atoms with Gasteiger partial charge in [0.1, 0.15) is 0 Å². The number of likely N-dealkylation sites (N-methyl/N-ethyl adjacent to an activating group) is 1. The van der Waals surface area contributed by atoms with Crippen molar-refractivity contribution in [2.24, 2.45) is 11.3 Å². The van der Waals surface area contributed by atoms with Gasteiger partial charge in [0.25, 0.3) is 0 Å². The Morgan fingerprint density at radius 1 is 1.19 bits per heavy atom. The van der Waals surface area contributed by atoms with E-state index in [1.165, 1.54) is 30.8 Å². The summed E-state index contributed by atoms with van der Waals surface area (Å²) in [6, 6.07) is 9.46. The van der Waals surface area contributed by atoms with Gasteiger partial charge in [0.05, 0.1) is 11.4 Å². The van der Waals surface area contributed by atoms with Gasteiger partial charge in [-0.25, -0.2) is 0 Å². The Kier molecular flexibility index (Phi) is 3.87. The van der Waals surface area contributed by atoms with Crippen molar-refractivity contribution in [3.63, 3.8) is 0 Å². The molecular weight excluding hydrogens is 258 g/mol. The van der Waals surface area contributed by atoms with Crippen molar-refractivity contribution in [2.75, 3.05) is 43.5 Å². The molecule has 3 rings (SSSR count). The van der Waals surface area contributed by atoms with Crippen LogP contribution in [0.25, 0.3) is 0 Å². The van der Waals surface area contributed by atoms with Crippen LogP contribution in [0.3, 0.4) is 0 Å². The van der Waals surface area contributed by atoms with Crippen molar-refractivity contribution in [2.45, 2.75) is 32.7 Å². The number of hydrogen-bond acceptors (Lipinski definition) is 3. The minimum atomic E-state index is 0.422. The molecule has 2 aliphatic rings. The summed E-state index contributed by atoms with van der Waals surface area (Å²) in [6.45, 7) is 8.26. The lowest BCUT2D eigenvalue weighted by molar-refractivity contribution is 0.262. The second-order valence-electron chi connectivity index (χ2n) is 7.41. The average molecular weight is 287 g/mol. The van der Waals surface area contributed by atoms with Crippen LogP contribution < -0.4 is 15.1 Å². The van der Waals surface area contributed by atoms with E-state index >= 15 is 0 Å². The maximum Gasteiger partial charge on any atom is 0.0604 e. The standard InChI is InChI=1S/C18H29N3/c1-18(2)10-9-14(17(18)19-3)13-21-12-11-20(4)15-7-5-6-8-16(15)21/h5-8,14,17,19H,9-13H2,1-4H3. The highest BCUT2D eigenvalue weighted by Gasteiger charge is 2.41. The van der Waals surface area contributed by atoms with E-state index in [2.05, 4.69) is 67.3 Å². The van der Waals surface area contributed by atoms with Crippen LogP contribution in [0, 0.1) is 11.3 Å². The summed E-state index contributed by atoms with van der Waals surface area (Å²) < 4.78 is 0. The maximum atomic E-state index is 3.59. The fraction of sp³-hybridized carbons (Fsp3) is 0.667. The molecule has 0 saturated heterocycles. The molecule has 1 heterocycles. The number of benzene rings is 1. The smallest absolute Gasteiger partial charge is 0.0604 e. The normalized spacial score (nSPS) is 27.8. The first-order valence-corrected chi connectivity index (χ1v) is 8.25. The van der Waals surface area contributed by atoms with E-state index in [0.29, 0.717) is 11.5 Å². The summed E-state index contributed by atoms with van der Waals surface area (Å²) in [7, 11) is 4.33. The van der Waals surface area contributed by atoms with Gasteiger partial charge in [-0.1, -0.05) is 26.0 Å². The van der Waals surface area contributed by atoms with E-state index in [9.17, 15) is 0 Å². The minimum absolute atomic E-state index is 0.422. The van der Waals surface area contributed by atoms with E-state index in [4.69, 9.17) is 0 Å². The molecule has 0 amide bonds. The molecule has 2 atom stereocenters. The second-order valence-corrected chi connectivity index (χ2v) is 7.41. The van der Waals surface area contributed by atoms with Crippen molar-refractivity contribution in [3.8, 4) is 0 Å². The summed E-state index contributed by atoms with van der Waals surface area (Å²) in [5.41, 5.74) is 3.21. The molecule has 1 saturated carbocycles. The lowest BCUT2D eigenvalue weighted by atomic mass is 9.84. The van der Waals surface area contributed by atoms with Gasteiger partial charge in [0.2, 0.25) is 0 Å². The highest BCUT2D eigenvalue weighted by atomic mass is 15.3. The van der Waals surface area contributed by atoms with Gasteiger partial charge < -0.3 is 15.1 Å². The van der Waals surface area contributed by atoms with E-state index in [0.717, 1.165) is 19.0 Å². The molecule has 3 nitrogen and oxygen atoms in total. The first-order chi connectivity index (χ1) is 10.0. The second kappa shape index (κ2) is 5.53. The van der Waals surface area contributed by atoms with E-state index in [1.807, 2.05) is 0 Å². The fourth-order valence-electron chi connectivity index (χ4n) is 4.38. The summed E-state index contributed by atoms with van der Waals surface area (Å²) in [6.07, 6.45) is 2.67. The minimum Gasteiger partial charge on any atom is -0.371 e. The topological polar surface area (TPSA) is 18.5 Å². The highest BCUT2D eigenvalue weighted by molar-refractivity contribution is 5.73. The zero-order valence-electron chi connectivity index (χ0n) is 13.9. The molecule has 3 heteroatoms. The Morgan fingerprint density at radius 3 is 2.62 bits per heavy atom. The zero-order valence-corrected chi connectivity index (χ0v) is 13.9. The van der Waals surface area contributed by atoms with Gasteiger partial charge >= 0.3 is 0 Å². The van der Waals surface area contributed by atoms with Crippen molar-refractivity contribution in [3.05, 3.63) is 24.3 Å². The molecule has 0 spiro atoms. The largest absolute Gasteiger partial charge is 0.371 e. The van der Waals surface area contributed by atoms with Gasteiger partial charge in [-0.3, -0.25) is 0 Å². The maximum absolute atomic E-state index is 3.59. The molecule has 0 aromatic heterocycles. The number of nitrogens with one attached hydrogen (secondary N) is 1. The molecule has 116 valence electrons. The third kappa shape index (κ3) is 2.64. The molecule has 1 N–H and O–H groups in total. The molecular formula is C18H29N3. The van der Waals surface area contributed by atoms with Crippen molar-refractivity contribution in [1.82, 2.24) is 5.32 Å². The zero-order chi connectivity index (χ0) is 15.0. The van der Waals surface area contributed by atoms with Crippen LogP contribution >= 0.6 is 0 Å².